The highest BCUT2D eigenvalue weighted by Crippen LogP contribution is 2.29. The molecular formula is C25H28N8. The highest BCUT2D eigenvalue weighted by atomic mass is 15.3. The van der Waals surface area contributed by atoms with Crippen LogP contribution in [-0.2, 0) is 0 Å². The highest BCUT2D eigenvalue weighted by molar-refractivity contribution is 5.89. The van der Waals surface area contributed by atoms with Crippen LogP contribution in [-0.4, -0.2) is 73.2 Å². The fourth-order valence-corrected chi connectivity index (χ4v) is 4.23. The molecule has 4 aromatic heterocycles. The minimum absolute atomic E-state index is 0.699. The van der Waals surface area contributed by atoms with E-state index in [1.165, 1.54) is 0 Å². The monoisotopic (exact) mass is 440 g/mol. The molecule has 4 aromatic rings. The van der Waals surface area contributed by atoms with Gasteiger partial charge >= 0.3 is 0 Å². The molecule has 8 nitrogen and oxygen atoms in total. The molecule has 168 valence electrons. The lowest BCUT2D eigenvalue weighted by molar-refractivity contribution is 0.207. The van der Waals surface area contributed by atoms with Crippen molar-refractivity contribution in [3.05, 3.63) is 66.3 Å². The molecular weight excluding hydrogens is 412 g/mol. The van der Waals surface area contributed by atoms with Crippen LogP contribution >= 0.6 is 0 Å². The number of hydrogen-bond donors (Lipinski definition) is 2. The van der Waals surface area contributed by atoms with E-state index < -0.39 is 0 Å². The fourth-order valence-electron chi connectivity index (χ4n) is 4.23. The van der Waals surface area contributed by atoms with Crippen LogP contribution in [0.4, 0.5) is 0 Å². The number of aryl methyl sites for hydroxylation is 2. The molecule has 0 spiro atoms. The Kier molecular flexibility index (Phi) is 5.51. The van der Waals surface area contributed by atoms with Crippen molar-refractivity contribution in [2.75, 3.05) is 33.2 Å². The number of fused-ring (bicyclic) bond motifs is 1. The lowest BCUT2D eigenvalue weighted by atomic mass is 10.1. The van der Waals surface area contributed by atoms with Crippen LogP contribution in [0.25, 0.3) is 39.5 Å². The van der Waals surface area contributed by atoms with Crippen molar-refractivity contribution >= 4 is 16.7 Å². The number of rotatable bonds is 5. The van der Waals surface area contributed by atoms with Gasteiger partial charge in [-0.1, -0.05) is 12.7 Å². The molecule has 1 aliphatic heterocycles. The summed E-state index contributed by atoms with van der Waals surface area (Å²) in [6.45, 7) is 12.0. The number of aromatic nitrogens is 6. The fraction of sp³-hybridized carbons (Fsp3) is 0.280. The predicted octanol–water partition coefficient (Wildman–Crippen LogP) is 3.80. The Labute approximate surface area is 193 Å². The molecule has 0 radical (unpaired) electrons. The molecule has 1 saturated heterocycles. The van der Waals surface area contributed by atoms with E-state index >= 15 is 0 Å². The molecule has 5 rings (SSSR count). The normalized spacial score (nSPS) is 15.4. The van der Waals surface area contributed by atoms with E-state index in [1.807, 2.05) is 50.5 Å². The number of pyridine rings is 2. The van der Waals surface area contributed by atoms with Crippen molar-refractivity contribution in [1.29, 1.82) is 0 Å². The molecule has 8 heteroatoms. The molecule has 1 aliphatic rings. The number of hydrogen-bond acceptors (Lipinski definition) is 6. The second-order valence-corrected chi connectivity index (χ2v) is 8.55. The molecule has 0 unspecified atom stereocenters. The van der Waals surface area contributed by atoms with Gasteiger partial charge in [0, 0.05) is 49.8 Å². The summed E-state index contributed by atoms with van der Waals surface area (Å²) in [6.07, 6.45) is 7.54. The minimum atomic E-state index is 0.699. The van der Waals surface area contributed by atoms with Crippen molar-refractivity contribution in [3.63, 3.8) is 0 Å². The summed E-state index contributed by atoms with van der Waals surface area (Å²) in [5.41, 5.74) is 8.28. The van der Waals surface area contributed by atoms with Crippen molar-refractivity contribution in [2.24, 2.45) is 0 Å². The highest BCUT2D eigenvalue weighted by Gasteiger charge is 2.23. The first-order chi connectivity index (χ1) is 16.0. The van der Waals surface area contributed by atoms with E-state index in [1.54, 1.807) is 0 Å². The Morgan fingerprint density at radius 3 is 2.67 bits per heavy atom. The second kappa shape index (κ2) is 8.63. The van der Waals surface area contributed by atoms with Gasteiger partial charge in [0.05, 0.1) is 16.9 Å². The van der Waals surface area contributed by atoms with Crippen molar-refractivity contribution in [2.45, 2.75) is 13.8 Å². The number of nitrogens with zero attached hydrogens (tertiary/aromatic N) is 6. The van der Waals surface area contributed by atoms with Gasteiger partial charge in [-0.2, -0.15) is 5.10 Å². The lowest BCUT2D eigenvalue weighted by Crippen LogP contribution is -2.43. The van der Waals surface area contributed by atoms with Crippen LogP contribution in [0.5, 0.6) is 0 Å². The molecule has 0 amide bonds. The standard InChI is InChI=1S/C25H28N8/c1-5-6-21(33-11-9-32(4)10-12-33)22-17(3)27-25(29-22)24-23-20(30-31-24)8-7-19(28-23)18-13-16(2)14-26-15-18/h5-8,13-15H,1,9-12H2,2-4H3,(H,27,29)(H,30,31)/b21-6+. The van der Waals surface area contributed by atoms with Gasteiger partial charge in [0.2, 0.25) is 0 Å². The summed E-state index contributed by atoms with van der Waals surface area (Å²) < 4.78 is 0. The summed E-state index contributed by atoms with van der Waals surface area (Å²) in [5, 5.41) is 7.64. The van der Waals surface area contributed by atoms with E-state index in [0.29, 0.717) is 11.5 Å². The first-order valence-electron chi connectivity index (χ1n) is 11.1. The zero-order valence-corrected chi connectivity index (χ0v) is 19.3. The Morgan fingerprint density at radius 2 is 1.91 bits per heavy atom. The molecule has 0 aromatic carbocycles. The van der Waals surface area contributed by atoms with Gasteiger partial charge in [-0.3, -0.25) is 10.1 Å². The third kappa shape index (κ3) is 4.05. The maximum absolute atomic E-state index is 4.97. The van der Waals surface area contributed by atoms with Crippen molar-refractivity contribution < 1.29 is 0 Å². The Morgan fingerprint density at radius 1 is 1.09 bits per heavy atom. The van der Waals surface area contributed by atoms with E-state index in [0.717, 1.165) is 71.1 Å². The van der Waals surface area contributed by atoms with Crippen LogP contribution < -0.4 is 0 Å². The van der Waals surface area contributed by atoms with Gasteiger partial charge < -0.3 is 14.8 Å². The van der Waals surface area contributed by atoms with E-state index in [9.17, 15) is 0 Å². The summed E-state index contributed by atoms with van der Waals surface area (Å²) in [6, 6.07) is 6.07. The Balaban J connectivity index is 1.54. The first-order valence-corrected chi connectivity index (χ1v) is 11.1. The number of nitrogens with one attached hydrogen (secondary N) is 2. The predicted molar refractivity (Wildman–Crippen MR) is 131 cm³/mol. The summed E-state index contributed by atoms with van der Waals surface area (Å²) in [7, 11) is 2.16. The molecule has 0 saturated carbocycles. The van der Waals surface area contributed by atoms with Gasteiger partial charge in [0.25, 0.3) is 0 Å². The largest absolute Gasteiger partial charge is 0.367 e. The van der Waals surface area contributed by atoms with Gasteiger partial charge in [0.15, 0.2) is 11.5 Å². The smallest absolute Gasteiger partial charge is 0.161 e. The Bertz CT molecular complexity index is 1340. The van der Waals surface area contributed by atoms with Crippen LogP contribution in [0.1, 0.15) is 17.0 Å². The number of aromatic amines is 2. The Hall–Kier alpha value is -3.78. The molecule has 0 atom stereocenters. The van der Waals surface area contributed by atoms with E-state index in [-0.39, 0.29) is 0 Å². The van der Waals surface area contributed by atoms with Gasteiger partial charge in [-0.05, 0) is 50.7 Å². The molecule has 1 fully saturated rings. The van der Waals surface area contributed by atoms with Crippen LogP contribution in [0.2, 0.25) is 0 Å². The molecule has 0 bridgehead atoms. The van der Waals surface area contributed by atoms with Gasteiger partial charge in [0.1, 0.15) is 11.2 Å². The lowest BCUT2D eigenvalue weighted by Gasteiger charge is -2.35. The third-order valence-corrected chi connectivity index (χ3v) is 6.05. The maximum Gasteiger partial charge on any atom is 0.161 e. The molecule has 2 N–H and O–H groups in total. The minimum Gasteiger partial charge on any atom is -0.367 e. The average molecular weight is 441 g/mol. The maximum atomic E-state index is 4.97. The van der Waals surface area contributed by atoms with Crippen LogP contribution in [0, 0.1) is 13.8 Å². The summed E-state index contributed by atoms with van der Waals surface area (Å²) in [4.78, 5) is 22.3. The topological polar surface area (TPSA) is 89.6 Å². The van der Waals surface area contributed by atoms with Crippen LogP contribution in [0.3, 0.4) is 0 Å². The van der Waals surface area contributed by atoms with E-state index in [4.69, 9.17) is 9.97 Å². The number of likely N-dealkylation sites (N-methyl/N-ethyl adjacent to an activating group) is 1. The number of allylic oxidation sites excluding steroid dienone is 2. The van der Waals surface area contributed by atoms with E-state index in [2.05, 4.69) is 49.7 Å². The van der Waals surface area contributed by atoms with Crippen molar-refractivity contribution in [1.82, 2.24) is 39.9 Å². The summed E-state index contributed by atoms with van der Waals surface area (Å²) >= 11 is 0. The quantitative estimate of drug-likeness (QED) is 0.459. The number of piperazine rings is 1. The first kappa shape index (κ1) is 21.1. The van der Waals surface area contributed by atoms with Crippen LogP contribution in [0.15, 0.2) is 49.3 Å². The van der Waals surface area contributed by atoms with Gasteiger partial charge in [-0.15, -0.1) is 0 Å². The number of H-pyrrole nitrogens is 2. The SMILES string of the molecule is C=C/C=C(\c1nc(-c2n[nH]c3ccc(-c4cncc(C)c4)nc23)[nH]c1C)N1CCN(C)CC1. The zero-order chi connectivity index (χ0) is 22.9. The third-order valence-electron chi connectivity index (χ3n) is 6.05. The molecule has 0 aliphatic carbocycles. The molecule has 5 heterocycles. The van der Waals surface area contributed by atoms with Crippen molar-refractivity contribution in [3.8, 4) is 22.8 Å². The molecule has 33 heavy (non-hydrogen) atoms. The zero-order valence-electron chi connectivity index (χ0n) is 19.3. The van der Waals surface area contributed by atoms with Gasteiger partial charge in [-0.25, -0.2) is 9.97 Å². The second-order valence-electron chi connectivity index (χ2n) is 8.55. The average Bonchev–Trinajstić information content (AvgIpc) is 3.41. The summed E-state index contributed by atoms with van der Waals surface area (Å²) in [5.74, 6) is 0.699. The number of imidazole rings is 1.